The zero-order valence-corrected chi connectivity index (χ0v) is 15.9. The van der Waals surface area contributed by atoms with Crippen LogP contribution in [0.1, 0.15) is 22.0 Å². The summed E-state index contributed by atoms with van der Waals surface area (Å²) in [6.45, 7) is 3.78. The first kappa shape index (κ1) is 17.1. The molecule has 1 aromatic carbocycles. The number of aryl methyl sites for hydroxylation is 2. The number of rotatable bonds is 3. The van der Waals surface area contributed by atoms with Crippen LogP contribution < -0.4 is 5.32 Å². The number of benzene rings is 1. The van der Waals surface area contributed by atoms with Gasteiger partial charge in [0.25, 0.3) is 11.7 Å². The van der Waals surface area contributed by atoms with Crippen molar-refractivity contribution in [2.75, 3.05) is 5.32 Å². The van der Waals surface area contributed by atoms with Gasteiger partial charge in [-0.15, -0.1) is 5.10 Å². The molecule has 0 aliphatic rings. The minimum atomic E-state index is -0.399. The fourth-order valence-corrected chi connectivity index (χ4v) is 3.32. The van der Waals surface area contributed by atoms with Gasteiger partial charge in [-0.1, -0.05) is 24.3 Å². The summed E-state index contributed by atoms with van der Waals surface area (Å²) in [6.07, 6.45) is 3.87. The number of hydrogen-bond donors (Lipinski definition) is 1. The highest BCUT2D eigenvalue weighted by atomic mass is 16.2. The lowest BCUT2D eigenvalue weighted by atomic mass is 10.1. The third kappa shape index (κ3) is 3.00. The monoisotopic (exact) mass is 383 g/mol. The van der Waals surface area contributed by atoms with Crippen molar-refractivity contribution in [3.05, 3.63) is 78.1 Å². The lowest BCUT2D eigenvalue weighted by molar-refractivity contribution is 0.101. The lowest BCUT2D eigenvalue weighted by Gasteiger charge is -2.07. The van der Waals surface area contributed by atoms with Crippen molar-refractivity contribution in [3.63, 3.8) is 0 Å². The van der Waals surface area contributed by atoms with Gasteiger partial charge in [-0.25, -0.2) is 14.5 Å². The first-order valence-corrected chi connectivity index (χ1v) is 9.14. The van der Waals surface area contributed by atoms with E-state index < -0.39 is 5.91 Å². The van der Waals surface area contributed by atoms with Crippen LogP contribution in [0.3, 0.4) is 0 Å². The Bertz CT molecular complexity index is 1350. The molecule has 0 fully saturated rings. The summed E-state index contributed by atoms with van der Waals surface area (Å²) in [7, 11) is 0. The molecule has 142 valence electrons. The van der Waals surface area contributed by atoms with Crippen LogP contribution in [-0.2, 0) is 0 Å². The van der Waals surface area contributed by atoms with Crippen molar-refractivity contribution in [2.24, 2.45) is 0 Å². The number of carbonyl (C=O) groups is 1. The Morgan fingerprint density at radius 1 is 1.00 bits per heavy atom. The average molecular weight is 383 g/mol. The molecule has 0 aliphatic heterocycles. The molecule has 4 heterocycles. The molecule has 8 heteroatoms. The molecular weight excluding hydrogens is 366 g/mol. The molecule has 0 saturated heterocycles. The first-order chi connectivity index (χ1) is 14.1. The molecule has 1 N–H and O–H groups in total. The molecule has 0 spiro atoms. The van der Waals surface area contributed by atoms with Gasteiger partial charge in [-0.2, -0.15) is 4.98 Å². The van der Waals surface area contributed by atoms with Crippen molar-refractivity contribution in [1.82, 2.24) is 29.0 Å². The highest BCUT2D eigenvalue weighted by Crippen LogP contribution is 2.27. The summed E-state index contributed by atoms with van der Waals surface area (Å²) in [5.41, 5.74) is 4.75. The molecule has 0 radical (unpaired) electrons. The first-order valence-electron chi connectivity index (χ1n) is 9.14. The van der Waals surface area contributed by atoms with Crippen molar-refractivity contribution in [3.8, 4) is 11.3 Å². The molecule has 0 atom stereocenters. The van der Waals surface area contributed by atoms with Gasteiger partial charge in [0.1, 0.15) is 5.65 Å². The maximum absolute atomic E-state index is 12.8. The largest absolute Gasteiger partial charge is 0.319 e. The van der Waals surface area contributed by atoms with Gasteiger partial charge in [0.15, 0.2) is 0 Å². The Kier molecular flexibility index (Phi) is 3.83. The smallest absolute Gasteiger partial charge is 0.295 e. The number of hydrogen-bond acceptors (Lipinski definition) is 5. The van der Waals surface area contributed by atoms with Gasteiger partial charge in [-0.05, 0) is 38.1 Å². The lowest BCUT2D eigenvalue weighted by Crippen LogP contribution is -2.14. The van der Waals surface area contributed by atoms with E-state index in [-0.39, 0.29) is 5.82 Å². The van der Waals surface area contributed by atoms with Gasteiger partial charge < -0.3 is 9.72 Å². The molecule has 0 aliphatic carbocycles. The Balaban J connectivity index is 1.51. The molecule has 0 saturated carbocycles. The topological polar surface area (TPSA) is 89.5 Å². The van der Waals surface area contributed by atoms with Gasteiger partial charge >= 0.3 is 0 Å². The van der Waals surface area contributed by atoms with Crippen molar-refractivity contribution < 1.29 is 4.79 Å². The number of anilines is 1. The van der Waals surface area contributed by atoms with Crippen LogP contribution in [-0.4, -0.2) is 34.9 Å². The van der Waals surface area contributed by atoms with Crippen LogP contribution in [0.25, 0.3) is 22.7 Å². The van der Waals surface area contributed by atoms with Crippen LogP contribution in [0.5, 0.6) is 0 Å². The van der Waals surface area contributed by atoms with Crippen molar-refractivity contribution in [1.29, 1.82) is 0 Å². The van der Waals surface area contributed by atoms with E-state index in [1.165, 1.54) is 0 Å². The van der Waals surface area contributed by atoms with E-state index in [1.807, 2.05) is 79.2 Å². The number of pyridine rings is 1. The minimum absolute atomic E-state index is 0.0657. The number of nitrogens with zero attached hydrogens (tertiary/aromatic N) is 6. The molecule has 4 aromatic heterocycles. The number of nitrogens with one attached hydrogen (secondary N) is 1. The van der Waals surface area contributed by atoms with Crippen molar-refractivity contribution >= 4 is 23.0 Å². The van der Waals surface area contributed by atoms with Gasteiger partial charge in [0.2, 0.25) is 5.82 Å². The summed E-state index contributed by atoms with van der Waals surface area (Å²) in [4.78, 5) is 26.1. The number of carbonyl (C=O) groups excluding carboxylic acids is 1. The Morgan fingerprint density at radius 3 is 2.69 bits per heavy atom. The molecule has 5 rings (SSSR count). The van der Waals surface area contributed by atoms with Crippen LogP contribution in [0.4, 0.5) is 5.69 Å². The Morgan fingerprint density at radius 2 is 1.83 bits per heavy atom. The number of aromatic nitrogens is 6. The van der Waals surface area contributed by atoms with Gasteiger partial charge in [0.05, 0.1) is 11.4 Å². The number of para-hydroxylation sites is 1. The number of amides is 1. The predicted octanol–water partition coefficient (Wildman–Crippen LogP) is 3.31. The van der Waals surface area contributed by atoms with Gasteiger partial charge in [-0.3, -0.25) is 4.79 Å². The summed E-state index contributed by atoms with van der Waals surface area (Å²) >= 11 is 0. The fourth-order valence-electron chi connectivity index (χ4n) is 3.32. The molecule has 8 nitrogen and oxygen atoms in total. The fraction of sp³-hybridized carbons (Fsp3) is 0.0952. The molecule has 0 unspecified atom stereocenters. The molecule has 5 aromatic rings. The molecule has 0 bridgehead atoms. The number of imidazole rings is 1. The maximum Gasteiger partial charge on any atom is 0.295 e. The maximum atomic E-state index is 12.8. The highest BCUT2D eigenvalue weighted by Gasteiger charge is 2.17. The Hall–Kier alpha value is -4.07. The summed E-state index contributed by atoms with van der Waals surface area (Å²) in [5, 5.41) is 7.21. The summed E-state index contributed by atoms with van der Waals surface area (Å²) in [5.74, 6) is 0.0704. The van der Waals surface area contributed by atoms with Crippen LogP contribution >= 0.6 is 0 Å². The second kappa shape index (κ2) is 6.52. The summed E-state index contributed by atoms with van der Waals surface area (Å²) in [6, 6.07) is 15.2. The zero-order valence-electron chi connectivity index (χ0n) is 15.9. The quantitative estimate of drug-likeness (QED) is 0.516. The minimum Gasteiger partial charge on any atom is -0.319 e. The van der Waals surface area contributed by atoms with Gasteiger partial charge in [0, 0.05) is 29.3 Å². The Labute approximate surface area is 165 Å². The van der Waals surface area contributed by atoms with Crippen molar-refractivity contribution in [2.45, 2.75) is 13.8 Å². The standard InChI is InChI=1S/C21H17N7O/c1-13-11-14(2)28-21(22-13)25-19(26-28)20(29)24-16-8-4-3-7-15(16)17-12-27-10-6-5-9-18(27)23-17/h3-12H,1-2H3,(H,24,29). The second-order valence-electron chi connectivity index (χ2n) is 6.78. The molecular formula is C21H17N7O. The van der Waals surface area contributed by atoms with Crippen LogP contribution in [0.15, 0.2) is 60.9 Å². The SMILES string of the molecule is Cc1cc(C)n2nc(C(=O)Nc3ccccc3-c3cn4ccccc4n3)nc2n1. The van der Waals surface area contributed by atoms with E-state index in [0.717, 1.165) is 28.3 Å². The van der Waals surface area contributed by atoms with Crippen LogP contribution in [0.2, 0.25) is 0 Å². The van der Waals surface area contributed by atoms with E-state index in [2.05, 4.69) is 25.4 Å². The van der Waals surface area contributed by atoms with E-state index in [9.17, 15) is 4.79 Å². The van der Waals surface area contributed by atoms with E-state index >= 15 is 0 Å². The second-order valence-corrected chi connectivity index (χ2v) is 6.78. The average Bonchev–Trinajstić information content (AvgIpc) is 3.32. The molecule has 29 heavy (non-hydrogen) atoms. The molecule has 1 amide bonds. The van der Waals surface area contributed by atoms with E-state index in [0.29, 0.717) is 11.5 Å². The highest BCUT2D eigenvalue weighted by molar-refractivity contribution is 6.04. The third-order valence-corrected chi connectivity index (χ3v) is 4.64. The van der Waals surface area contributed by atoms with E-state index in [1.54, 1.807) is 4.52 Å². The number of fused-ring (bicyclic) bond motifs is 2. The summed E-state index contributed by atoms with van der Waals surface area (Å²) < 4.78 is 3.50. The third-order valence-electron chi connectivity index (χ3n) is 4.64. The normalized spacial score (nSPS) is 11.2. The van der Waals surface area contributed by atoms with Crippen LogP contribution in [0, 0.1) is 13.8 Å². The predicted molar refractivity (Wildman–Crippen MR) is 109 cm³/mol. The van der Waals surface area contributed by atoms with E-state index in [4.69, 9.17) is 0 Å². The zero-order chi connectivity index (χ0) is 20.0.